The molecule has 0 bridgehead atoms. The van der Waals surface area contributed by atoms with Crippen LogP contribution in [0.5, 0.6) is 0 Å². The first-order valence-corrected chi connectivity index (χ1v) is 6.10. The molecule has 6 nitrogen and oxygen atoms in total. The average Bonchev–Trinajstić information content (AvgIpc) is 2.81. The van der Waals surface area contributed by atoms with Gasteiger partial charge in [0.2, 0.25) is 5.91 Å². The van der Waals surface area contributed by atoms with Crippen LogP contribution in [0.2, 0.25) is 0 Å². The van der Waals surface area contributed by atoms with Gasteiger partial charge in [-0.15, -0.1) is 0 Å². The van der Waals surface area contributed by atoms with Crippen LogP contribution >= 0.6 is 0 Å². The Bertz CT molecular complexity index is 265. The van der Waals surface area contributed by atoms with Crippen LogP contribution in [0.15, 0.2) is 0 Å². The molecule has 0 aromatic heterocycles. The van der Waals surface area contributed by atoms with E-state index in [4.69, 9.17) is 10.8 Å². The second-order valence-electron chi connectivity index (χ2n) is 4.38. The van der Waals surface area contributed by atoms with E-state index in [9.17, 15) is 9.59 Å². The van der Waals surface area contributed by atoms with E-state index in [0.29, 0.717) is 19.4 Å². The van der Waals surface area contributed by atoms with Crippen molar-refractivity contribution in [2.45, 2.75) is 44.2 Å². The van der Waals surface area contributed by atoms with E-state index >= 15 is 0 Å². The third kappa shape index (κ3) is 5.14. The van der Waals surface area contributed by atoms with Gasteiger partial charge in [0.05, 0.1) is 6.04 Å². The molecule has 2 atom stereocenters. The highest BCUT2D eigenvalue weighted by molar-refractivity contribution is 5.81. The fourth-order valence-electron chi connectivity index (χ4n) is 1.86. The van der Waals surface area contributed by atoms with Gasteiger partial charge in [-0.05, 0) is 38.6 Å². The van der Waals surface area contributed by atoms with Gasteiger partial charge >= 0.3 is 5.97 Å². The summed E-state index contributed by atoms with van der Waals surface area (Å²) >= 11 is 0. The lowest BCUT2D eigenvalue weighted by Gasteiger charge is -2.11. The van der Waals surface area contributed by atoms with E-state index in [2.05, 4.69) is 10.6 Å². The highest BCUT2D eigenvalue weighted by atomic mass is 16.4. The topological polar surface area (TPSA) is 104 Å². The summed E-state index contributed by atoms with van der Waals surface area (Å²) in [5.74, 6) is -0.922. The number of amides is 1. The quantitative estimate of drug-likeness (QED) is 0.449. The molecule has 1 aliphatic heterocycles. The first-order chi connectivity index (χ1) is 8.11. The molecule has 1 amide bonds. The summed E-state index contributed by atoms with van der Waals surface area (Å²) in [5, 5.41) is 14.5. The summed E-state index contributed by atoms with van der Waals surface area (Å²) < 4.78 is 0. The monoisotopic (exact) mass is 243 g/mol. The van der Waals surface area contributed by atoms with E-state index in [1.54, 1.807) is 0 Å². The number of carbonyl (C=O) groups excluding carboxylic acids is 1. The number of nitrogens with two attached hydrogens (primary N) is 1. The maximum Gasteiger partial charge on any atom is 0.320 e. The predicted octanol–water partition coefficient (Wildman–Crippen LogP) is -0.563. The summed E-state index contributed by atoms with van der Waals surface area (Å²) in [6, 6.07) is -0.835. The van der Waals surface area contributed by atoms with Gasteiger partial charge in [0.15, 0.2) is 0 Å². The van der Waals surface area contributed by atoms with Crippen molar-refractivity contribution in [2.75, 3.05) is 13.1 Å². The van der Waals surface area contributed by atoms with Crippen LogP contribution < -0.4 is 16.4 Å². The molecule has 1 unspecified atom stereocenters. The maximum absolute atomic E-state index is 11.6. The van der Waals surface area contributed by atoms with Gasteiger partial charge in [-0.25, -0.2) is 0 Å². The van der Waals surface area contributed by atoms with Gasteiger partial charge < -0.3 is 21.5 Å². The van der Waals surface area contributed by atoms with Gasteiger partial charge in [0, 0.05) is 6.54 Å². The molecule has 0 aromatic rings. The number of carbonyl (C=O) groups is 2. The van der Waals surface area contributed by atoms with E-state index in [1.165, 1.54) is 0 Å². The lowest BCUT2D eigenvalue weighted by atomic mass is 10.1. The number of hydrogen-bond acceptors (Lipinski definition) is 4. The van der Waals surface area contributed by atoms with E-state index in [-0.39, 0.29) is 11.9 Å². The molecule has 1 saturated heterocycles. The van der Waals surface area contributed by atoms with Gasteiger partial charge in [0.25, 0.3) is 0 Å². The lowest BCUT2D eigenvalue weighted by Crippen LogP contribution is -2.40. The van der Waals surface area contributed by atoms with Crippen molar-refractivity contribution in [3.63, 3.8) is 0 Å². The number of carboxylic acid groups (broad SMARTS) is 1. The molecule has 1 rings (SSSR count). The molecule has 1 fully saturated rings. The van der Waals surface area contributed by atoms with Crippen LogP contribution in [0, 0.1) is 0 Å². The van der Waals surface area contributed by atoms with E-state index in [0.717, 1.165) is 25.8 Å². The largest absolute Gasteiger partial charge is 0.480 e. The van der Waals surface area contributed by atoms with E-state index < -0.39 is 12.0 Å². The first-order valence-electron chi connectivity index (χ1n) is 6.10. The summed E-state index contributed by atoms with van der Waals surface area (Å²) in [5.41, 5.74) is 5.36. The maximum atomic E-state index is 11.6. The minimum Gasteiger partial charge on any atom is -0.480 e. The summed E-state index contributed by atoms with van der Waals surface area (Å²) in [6.45, 7) is 1.49. The molecule has 0 spiro atoms. The molecule has 5 N–H and O–H groups in total. The second kappa shape index (κ2) is 7.24. The van der Waals surface area contributed by atoms with Crippen LogP contribution in [-0.4, -0.2) is 42.2 Å². The molecule has 98 valence electrons. The van der Waals surface area contributed by atoms with Crippen molar-refractivity contribution >= 4 is 11.9 Å². The standard InChI is InChI=1S/C11H21N3O3/c12-8(11(16)17)4-1-2-6-14-10(15)9-5-3-7-13-9/h8-9,13H,1-7,12H2,(H,14,15)(H,16,17)/t8-,9?/m0/s1. The van der Waals surface area contributed by atoms with Crippen molar-refractivity contribution in [3.8, 4) is 0 Å². The van der Waals surface area contributed by atoms with Crippen molar-refractivity contribution in [1.29, 1.82) is 0 Å². The average molecular weight is 243 g/mol. The lowest BCUT2D eigenvalue weighted by molar-refractivity contribution is -0.138. The van der Waals surface area contributed by atoms with Gasteiger partial charge in [-0.2, -0.15) is 0 Å². The Morgan fingerprint density at radius 1 is 1.47 bits per heavy atom. The summed E-state index contributed by atoms with van der Waals surface area (Å²) in [7, 11) is 0. The van der Waals surface area contributed by atoms with Crippen LogP contribution in [0.25, 0.3) is 0 Å². The predicted molar refractivity (Wildman–Crippen MR) is 63.5 cm³/mol. The third-order valence-corrected chi connectivity index (χ3v) is 2.94. The normalized spacial score (nSPS) is 21.1. The Balaban J connectivity index is 2.00. The fourth-order valence-corrected chi connectivity index (χ4v) is 1.86. The van der Waals surface area contributed by atoms with Crippen molar-refractivity contribution in [3.05, 3.63) is 0 Å². The van der Waals surface area contributed by atoms with Crippen LogP contribution in [0.1, 0.15) is 32.1 Å². The SMILES string of the molecule is N[C@@H](CCCCNC(=O)C1CCCN1)C(=O)O. The molecule has 6 heteroatoms. The van der Waals surface area contributed by atoms with Gasteiger partial charge in [-0.3, -0.25) is 9.59 Å². The Hall–Kier alpha value is -1.14. The molecule has 1 aliphatic rings. The molecular weight excluding hydrogens is 222 g/mol. The van der Waals surface area contributed by atoms with Crippen molar-refractivity contribution < 1.29 is 14.7 Å². The summed E-state index contributed by atoms with van der Waals surface area (Å²) in [6.07, 6.45) is 3.87. The number of unbranched alkanes of at least 4 members (excludes halogenated alkanes) is 1. The van der Waals surface area contributed by atoms with Crippen LogP contribution in [-0.2, 0) is 9.59 Å². The van der Waals surface area contributed by atoms with Crippen molar-refractivity contribution in [2.24, 2.45) is 5.73 Å². The highest BCUT2D eigenvalue weighted by Crippen LogP contribution is 2.04. The number of rotatable bonds is 7. The Kier molecular flexibility index (Phi) is 5.93. The second-order valence-corrected chi connectivity index (χ2v) is 4.38. The molecule has 1 heterocycles. The van der Waals surface area contributed by atoms with E-state index in [1.807, 2.05) is 0 Å². The number of carboxylic acids is 1. The molecule has 17 heavy (non-hydrogen) atoms. The molecule has 0 aliphatic carbocycles. The molecule has 0 radical (unpaired) electrons. The minimum absolute atomic E-state index is 0.0451. The Labute approximate surface area is 101 Å². The van der Waals surface area contributed by atoms with Crippen LogP contribution in [0.4, 0.5) is 0 Å². The Morgan fingerprint density at radius 2 is 2.24 bits per heavy atom. The zero-order valence-corrected chi connectivity index (χ0v) is 9.95. The molecule has 0 saturated carbocycles. The summed E-state index contributed by atoms with van der Waals surface area (Å²) in [4.78, 5) is 22.0. The fraction of sp³-hybridized carbons (Fsp3) is 0.818. The minimum atomic E-state index is -0.968. The number of nitrogens with one attached hydrogen (secondary N) is 2. The number of hydrogen-bond donors (Lipinski definition) is 4. The highest BCUT2D eigenvalue weighted by Gasteiger charge is 2.21. The smallest absolute Gasteiger partial charge is 0.320 e. The van der Waals surface area contributed by atoms with Crippen molar-refractivity contribution in [1.82, 2.24) is 10.6 Å². The zero-order chi connectivity index (χ0) is 12.7. The van der Waals surface area contributed by atoms with Crippen LogP contribution in [0.3, 0.4) is 0 Å². The third-order valence-electron chi connectivity index (χ3n) is 2.94. The Morgan fingerprint density at radius 3 is 2.82 bits per heavy atom. The van der Waals surface area contributed by atoms with Gasteiger partial charge in [-0.1, -0.05) is 0 Å². The zero-order valence-electron chi connectivity index (χ0n) is 9.95. The van der Waals surface area contributed by atoms with Gasteiger partial charge in [0.1, 0.15) is 6.04 Å². The molecule has 0 aromatic carbocycles. The molecular formula is C11H21N3O3. The first kappa shape index (κ1) is 13.9. The number of aliphatic carboxylic acids is 1.